The molecule has 2 aromatic rings. The van der Waals surface area contributed by atoms with Crippen LogP contribution in [0, 0.1) is 5.92 Å². The standard InChI is InChI=1S/C29H40N4O2/c1-23(2)19-28(34)33-22-26-12-7-6-11-25(26)20-27(33)29(35)30-13-8-14-31-15-17-32(18-16-31)21-24-9-4-3-5-10-24/h3-7,9-12,23,27H,8,13-22H2,1-2H3,(H,30,35). The van der Waals surface area contributed by atoms with Crippen molar-refractivity contribution in [2.45, 2.75) is 52.2 Å². The third-order valence-electron chi connectivity index (χ3n) is 7.12. The van der Waals surface area contributed by atoms with E-state index in [-0.39, 0.29) is 17.7 Å². The van der Waals surface area contributed by atoms with Gasteiger partial charge in [0, 0.05) is 58.7 Å². The summed E-state index contributed by atoms with van der Waals surface area (Å²) in [4.78, 5) is 32.9. The number of hydrogen-bond acceptors (Lipinski definition) is 4. The van der Waals surface area contributed by atoms with E-state index < -0.39 is 6.04 Å². The van der Waals surface area contributed by atoms with E-state index in [1.807, 2.05) is 26.0 Å². The van der Waals surface area contributed by atoms with Gasteiger partial charge in [0.1, 0.15) is 6.04 Å². The van der Waals surface area contributed by atoms with Gasteiger partial charge in [-0.05, 0) is 35.6 Å². The highest BCUT2D eigenvalue weighted by Gasteiger charge is 2.34. The largest absolute Gasteiger partial charge is 0.354 e. The lowest BCUT2D eigenvalue weighted by Gasteiger charge is -2.36. The van der Waals surface area contributed by atoms with E-state index in [1.165, 1.54) is 11.1 Å². The van der Waals surface area contributed by atoms with Crippen LogP contribution in [0.4, 0.5) is 0 Å². The molecule has 0 aliphatic carbocycles. The number of amides is 2. The van der Waals surface area contributed by atoms with Crippen molar-refractivity contribution >= 4 is 11.8 Å². The molecule has 0 aromatic heterocycles. The normalized spacial score (nSPS) is 18.9. The minimum Gasteiger partial charge on any atom is -0.354 e. The first kappa shape index (κ1) is 25.4. The van der Waals surface area contributed by atoms with Crippen molar-refractivity contribution in [2.75, 3.05) is 39.3 Å². The molecule has 0 spiro atoms. The Balaban J connectivity index is 1.22. The number of rotatable bonds is 9. The van der Waals surface area contributed by atoms with Gasteiger partial charge < -0.3 is 15.1 Å². The van der Waals surface area contributed by atoms with Gasteiger partial charge in [-0.15, -0.1) is 0 Å². The van der Waals surface area contributed by atoms with E-state index in [0.29, 0.717) is 25.9 Å². The van der Waals surface area contributed by atoms with Crippen LogP contribution in [-0.2, 0) is 29.1 Å². The fourth-order valence-corrected chi connectivity index (χ4v) is 5.13. The Morgan fingerprint density at radius 1 is 0.914 bits per heavy atom. The molecule has 0 radical (unpaired) electrons. The molecule has 2 aliphatic rings. The maximum Gasteiger partial charge on any atom is 0.243 e. The number of hydrogen-bond donors (Lipinski definition) is 1. The number of piperazine rings is 1. The molecule has 1 unspecified atom stereocenters. The van der Waals surface area contributed by atoms with Gasteiger partial charge in [0.25, 0.3) is 0 Å². The highest BCUT2D eigenvalue weighted by Crippen LogP contribution is 2.25. The zero-order valence-corrected chi connectivity index (χ0v) is 21.3. The molecule has 2 aliphatic heterocycles. The van der Waals surface area contributed by atoms with Crippen LogP contribution in [0.1, 0.15) is 43.4 Å². The van der Waals surface area contributed by atoms with E-state index >= 15 is 0 Å². The average Bonchev–Trinajstić information content (AvgIpc) is 2.87. The van der Waals surface area contributed by atoms with E-state index in [2.05, 4.69) is 57.6 Å². The Hall–Kier alpha value is -2.70. The van der Waals surface area contributed by atoms with Crippen LogP contribution >= 0.6 is 0 Å². The predicted molar refractivity (Wildman–Crippen MR) is 140 cm³/mol. The molecule has 1 N–H and O–H groups in total. The molecule has 2 amide bonds. The smallest absolute Gasteiger partial charge is 0.243 e. The number of fused-ring (bicyclic) bond motifs is 1. The molecule has 2 aromatic carbocycles. The van der Waals surface area contributed by atoms with Gasteiger partial charge in [-0.1, -0.05) is 68.4 Å². The topological polar surface area (TPSA) is 55.9 Å². The summed E-state index contributed by atoms with van der Waals surface area (Å²) < 4.78 is 0. The lowest BCUT2D eigenvalue weighted by molar-refractivity contribution is -0.142. The minimum absolute atomic E-state index is 0.0238. The lowest BCUT2D eigenvalue weighted by atomic mass is 9.92. The number of nitrogens with zero attached hydrogens (tertiary/aromatic N) is 3. The second-order valence-corrected chi connectivity index (χ2v) is 10.4. The van der Waals surface area contributed by atoms with Crippen molar-refractivity contribution in [1.29, 1.82) is 0 Å². The predicted octanol–water partition coefficient (Wildman–Crippen LogP) is 3.31. The first-order valence-electron chi connectivity index (χ1n) is 13.1. The summed E-state index contributed by atoms with van der Waals surface area (Å²) in [5.74, 6) is 0.323. The molecular weight excluding hydrogens is 436 g/mol. The van der Waals surface area contributed by atoms with Crippen molar-refractivity contribution < 1.29 is 9.59 Å². The molecule has 188 valence electrons. The monoisotopic (exact) mass is 476 g/mol. The SMILES string of the molecule is CC(C)CC(=O)N1Cc2ccccc2CC1C(=O)NCCCN1CCN(Cc2ccccc2)CC1. The number of nitrogens with one attached hydrogen (secondary N) is 1. The molecule has 1 saturated heterocycles. The Labute approximate surface area is 210 Å². The first-order valence-corrected chi connectivity index (χ1v) is 13.1. The maximum absolute atomic E-state index is 13.2. The first-order chi connectivity index (χ1) is 17.0. The van der Waals surface area contributed by atoms with Crippen LogP contribution in [0.5, 0.6) is 0 Å². The third-order valence-corrected chi connectivity index (χ3v) is 7.12. The van der Waals surface area contributed by atoms with Crippen LogP contribution in [0.2, 0.25) is 0 Å². The zero-order chi connectivity index (χ0) is 24.6. The number of carbonyl (C=O) groups is 2. The number of benzene rings is 2. The van der Waals surface area contributed by atoms with Crippen molar-refractivity contribution in [2.24, 2.45) is 5.92 Å². The summed E-state index contributed by atoms with van der Waals surface area (Å²) in [6, 6.07) is 18.4. The van der Waals surface area contributed by atoms with Gasteiger partial charge in [0.2, 0.25) is 11.8 Å². The molecule has 6 nitrogen and oxygen atoms in total. The van der Waals surface area contributed by atoms with Gasteiger partial charge in [0.05, 0.1) is 0 Å². The summed E-state index contributed by atoms with van der Waals surface area (Å²) in [6.07, 6.45) is 1.99. The molecule has 0 bridgehead atoms. The molecule has 1 atom stereocenters. The van der Waals surface area contributed by atoms with Crippen LogP contribution in [0.25, 0.3) is 0 Å². The summed E-state index contributed by atoms with van der Waals surface area (Å²) in [5, 5.41) is 3.13. The van der Waals surface area contributed by atoms with Crippen molar-refractivity contribution in [1.82, 2.24) is 20.0 Å². The van der Waals surface area contributed by atoms with Gasteiger partial charge in [-0.3, -0.25) is 14.5 Å². The Kier molecular flexibility index (Phi) is 8.94. The second-order valence-electron chi connectivity index (χ2n) is 10.4. The van der Waals surface area contributed by atoms with Crippen LogP contribution in [-0.4, -0.2) is 71.8 Å². The quantitative estimate of drug-likeness (QED) is 0.564. The zero-order valence-electron chi connectivity index (χ0n) is 21.3. The Bertz CT molecular complexity index is 970. The Morgan fingerprint density at radius 3 is 2.29 bits per heavy atom. The summed E-state index contributed by atoms with van der Waals surface area (Å²) in [6.45, 7) is 11.6. The van der Waals surface area contributed by atoms with Crippen molar-refractivity contribution in [3.05, 3.63) is 71.3 Å². The Morgan fingerprint density at radius 2 is 1.57 bits per heavy atom. The maximum atomic E-state index is 13.2. The van der Waals surface area contributed by atoms with Crippen LogP contribution < -0.4 is 5.32 Å². The molecule has 4 rings (SSSR count). The van der Waals surface area contributed by atoms with Crippen molar-refractivity contribution in [3.63, 3.8) is 0 Å². The molecule has 2 heterocycles. The summed E-state index contributed by atoms with van der Waals surface area (Å²) in [5.41, 5.74) is 3.70. The lowest BCUT2D eigenvalue weighted by Crippen LogP contribution is -2.53. The molecule has 0 saturated carbocycles. The molecule has 6 heteroatoms. The summed E-state index contributed by atoms with van der Waals surface area (Å²) in [7, 11) is 0. The minimum atomic E-state index is -0.419. The van der Waals surface area contributed by atoms with Gasteiger partial charge in [-0.2, -0.15) is 0 Å². The number of carbonyl (C=O) groups excluding carboxylic acids is 2. The molecule has 1 fully saturated rings. The second kappa shape index (κ2) is 12.3. The van der Waals surface area contributed by atoms with E-state index in [1.54, 1.807) is 4.90 Å². The van der Waals surface area contributed by atoms with Crippen molar-refractivity contribution in [3.8, 4) is 0 Å². The van der Waals surface area contributed by atoms with Crippen LogP contribution in [0.3, 0.4) is 0 Å². The van der Waals surface area contributed by atoms with E-state index in [0.717, 1.165) is 51.3 Å². The fraction of sp³-hybridized carbons (Fsp3) is 0.517. The average molecular weight is 477 g/mol. The van der Waals surface area contributed by atoms with E-state index in [4.69, 9.17) is 0 Å². The highest BCUT2D eigenvalue weighted by atomic mass is 16.2. The van der Waals surface area contributed by atoms with E-state index in [9.17, 15) is 9.59 Å². The molecular formula is C29H40N4O2. The summed E-state index contributed by atoms with van der Waals surface area (Å²) >= 11 is 0. The van der Waals surface area contributed by atoms with Gasteiger partial charge in [0.15, 0.2) is 0 Å². The van der Waals surface area contributed by atoms with Gasteiger partial charge in [-0.25, -0.2) is 0 Å². The molecule has 35 heavy (non-hydrogen) atoms. The van der Waals surface area contributed by atoms with Crippen LogP contribution in [0.15, 0.2) is 54.6 Å². The fourth-order valence-electron chi connectivity index (χ4n) is 5.13. The highest BCUT2D eigenvalue weighted by molar-refractivity contribution is 5.88. The third kappa shape index (κ3) is 7.15. The van der Waals surface area contributed by atoms with Gasteiger partial charge >= 0.3 is 0 Å².